The zero-order valence-corrected chi connectivity index (χ0v) is 26.5. The molecule has 38 heavy (non-hydrogen) atoms. The molecular formula is C24H48Cl2N10O2. The third kappa shape index (κ3) is 15.8. The lowest BCUT2D eigenvalue weighted by molar-refractivity contribution is 0.000704. The number of azo groups is 2. The van der Waals surface area contributed by atoms with E-state index in [2.05, 4.69) is 32.6 Å². The van der Waals surface area contributed by atoms with Gasteiger partial charge in [-0.05, 0) is 69.2 Å². The van der Waals surface area contributed by atoms with Crippen LogP contribution in [-0.4, -0.2) is 59.2 Å². The summed E-state index contributed by atoms with van der Waals surface area (Å²) in [5.41, 5.74) is 5.86. The van der Waals surface area contributed by atoms with Gasteiger partial charge in [0.1, 0.15) is 22.7 Å². The molecular weight excluding hydrogens is 531 g/mol. The van der Waals surface area contributed by atoms with E-state index in [-0.39, 0.29) is 36.5 Å². The molecule has 0 aromatic heterocycles. The topological polar surface area (TPSA) is 215 Å². The van der Waals surface area contributed by atoms with E-state index in [0.29, 0.717) is 12.8 Å². The zero-order chi connectivity index (χ0) is 29.2. The van der Waals surface area contributed by atoms with E-state index < -0.39 is 33.4 Å². The second kappa shape index (κ2) is 15.9. The second-order valence-electron chi connectivity index (χ2n) is 11.4. The van der Waals surface area contributed by atoms with E-state index in [9.17, 15) is 10.5 Å². The lowest BCUT2D eigenvalue weighted by atomic mass is 9.88. The van der Waals surface area contributed by atoms with Crippen LogP contribution in [0.5, 0.6) is 0 Å². The molecule has 0 aliphatic rings. The predicted octanol–water partition coefficient (Wildman–Crippen LogP) is 5.34. The van der Waals surface area contributed by atoms with Crippen LogP contribution in [0, 0.1) is 33.5 Å². The maximum absolute atomic E-state index is 9.43. The van der Waals surface area contributed by atoms with Crippen molar-refractivity contribution in [2.75, 3.05) is 14.2 Å². The lowest BCUT2D eigenvalue weighted by Crippen LogP contribution is -2.38. The van der Waals surface area contributed by atoms with Crippen LogP contribution in [0.15, 0.2) is 20.5 Å². The number of nitrogens with zero attached hydrogens (tertiary/aromatic N) is 6. The summed E-state index contributed by atoms with van der Waals surface area (Å²) in [6, 6.07) is 4.32. The minimum absolute atomic E-state index is 0. The minimum atomic E-state index is -1.05. The number of nitriles is 2. The van der Waals surface area contributed by atoms with Crippen LogP contribution in [-0.2, 0) is 9.47 Å². The molecule has 12 nitrogen and oxygen atoms in total. The molecule has 0 saturated heterocycles. The van der Waals surface area contributed by atoms with Crippen molar-refractivity contribution in [2.24, 2.45) is 31.9 Å². The van der Waals surface area contributed by atoms with Gasteiger partial charge >= 0.3 is 0 Å². The number of hydrogen-bond acceptors (Lipinski definition) is 10. The molecule has 0 spiro atoms. The molecule has 0 bridgehead atoms. The summed E-state index contributed by atoms with van der Waals surface area (Å²) in [6.07, 6.45) is 0.761. The molecule has 6 N–H and O–H groups in total. The molecule has 220 valence electrons. The predicted molar refractivity (Wildman–Crippen MR) is 156 cm³/mol. The summed E-state index contributed by atoms with van der Waals surface area (Å²) in [7, 11) is 3.19. The van der Waals surface area contributed by atoms with Gasteiger partial charge in [0.25, 0.3) is 0 Å². The molecule has 2 atom stereocenters. The Bertz CT molecular complexity index is 848. The maximum Gasteiger partial charge on any atom is 0.167 e. The quantitative estimate of drug-likeness (QED) is 0.136. The monoisotopic (exact) mass is 578 g/mol. The summed E-state index contributed by atoms with van der Waals surface area (Å²) in [4.78, 5) is 0. The van der Waals surface area contributed by atoms with Crippen molar-refractivity contribution in [1.82, 2.24) is 0 Å². The van der Waals surface area contributed by atoms with Gasteiger partial charge in [-0.3, -0.25) is 10.8 Å². The summed E-state index contributed by atoms with van der Waals surface area (Å²) in [6.45, 7) is 17.6. The average Bonchev–Trinajstić information content (AvgIpc) is 2.76. The van der Waals surface area contributed by atoms with Crippen LogP contribution in [0.1, 0.15) is 82.1 Å². The number of hydrogen-bond donors (Lipinski definition) is 4. The lowest BCUT2D eigenvalue weighted by Gasteiger charge is -2.31. The van der Waals surface area contributed by atoms with Gasteiger partial charge in [0.05, 0.1) is 23.3 Å². The minimum Gasteiger partial charge on any atom is -0.386 e. The van der Waals surface area contributed by atoms with E-state index in [1.165, 1.54) is 0 Å². The first-order valence-corrected chi connectivity index (χ1v) is 11.5. The summed E-state index contributed by atoms with van der Waals surface area (Å²) < 4.78 is 10.7. The number of rotatable bonds is 12. The number of methoxy groups -OCH3 is 2. The molecule has 0 saturated carbocycles. The van der Waals surface area contributed by atoms with Gasteiger partial charge < -0.3 is 20.9 Å². The highest BCUT2D eigenvalue weighted by Gasteiger charge is 2.37. The highest BCUT2D eigenvalue weighted by atomic mass is 35.5. The molecule has 0 aromatic carbocycles. The van der Waals surface area contributed by atoms with E-state index >= 15 is 0 Å². The molecule has 0 fully saturated rings. The Morgan fingerprint density at radius 1 is 0.632 bits per heavy atom. The maximum atomic E-state index is 9.43. The van der Waals surface area contributed by atoms with Crippen molar-refractivity contribution in [3.05, 3.63) is 0 Å². The van der Waals surface area contributed by atoms with Crippen molar-refractivity contribution < 1.29 is 9.47 Å². The first-order chi connectivity index (χ1) is 16.0. The van der Waals surface area contributed by atoms with Crippen LogP contribution in [0.2, 0.25) is 0 Å². The van der Waals surface area contributed by atoms with Crippen molar-refractivity contribution in [3.63, 3.8) is 0 Å². The van der Waals surface area contributed by atoms with Gasteiger partial charge in [-0.15, -0.1) is 24.8 Å². The van der Waals surface area contributed by atoms with Crippen LogP contribution < -0.4 is 11.5 Å². The number of nitrogens with two attached hydrogens (primary N) is 2. The molecule has 0 rings (SSSR count). The molecule has 0 radical (unpaired) electrons. The molecule has 0 amide bonds. The average molecular weight is 580 g/mol. The Hall–Kier alpha value is -2.38. The molecule has 0 aromatic rings. The first kappa shape index (κ1) is 42.7. The summed E-state index contributed by atoms with van der Waals surface area (Å²) in [5.74, 6) is -0.138. The van der Waals surface area contributed by atoms with Crippen LogP contribution >= 0.6 is 24.8 Å². The fourth-order valence-corrected chi connectivity index (χ4v) is 2.58. The van der Waals surface area contributed by atoms with Gasteiger partial charge in [-0.25, -0.2) is 0 Å². The largest absolute Gasteiger partial charge is 0.386 e. The van der Waals surface area contributed by atoms with Gasteiger partial charge in [0.15, 0.2) is 11.1 Å². The Morgan fingerprint density at radius 2 is 0.868 bits per heavy atom. The van der Waals surface area contributed by atoms with Gasteiger partial charge in [0.2, 0.25) is 0 Å². The number of nitrogens with one attached hydrogen (secondary N) is 2. The van der Waals surface area contributed by atoms with Crippen molar-refractivity contribution in [3.8, 4) is 12.1 Å². The Morgan fingerprint density at radius 3 is 1.03 bits per heavy atom. The fourth-order valence-electron chi connectivity index (χ4n) is 2.58. The van der Waals surface area contributed by atoms with E-state index in [1.54, 1.807) is 55.8 Å². The summed E-state index contributed by atoms with van der Waals surface area (Å²) in [5, 5.41) is 49.5. The highest BCUT2D eigenvalue weighted by molar-refractivity contribution is 5.87. The molecule has 0 aliphatic heterocycles. The normalized spacial score (nSPS) is 15.4. The number of amidine groups is 2. The smallest absolute Gasteiger partial charge is 0.167 e. The van der Waals surface area contributed by atoms with Crippen molar-refractivity contribution in [2.45, 2.75) is 115 Å². The summed E-state index contributed by atoms with van der Waals surface area (Å²) >= 11 is 0. The van der Waals surface area contributed by atoms with Crippen molar-refractivity contribution >= 4 is 36.5 Å². The SMILES string of the molecule is CC(C)(/N=N/C(C)(C)C(=N)N)C(=N)N.COC(C)(C)CC(C)(C#N)/N=N/C(C)(C#N)CC(C)(C)OC.Cl.Cl. The van der Waals surface area contributed by atoms with Gasteiger partial charge in [0, 0.05) is 27.1 Å². The van der Waals surface area contributed by atoms with E-state index in [0.717, 1.165) is 0 Å². The number of ether oxygens (including phenoxy) is 2. The van der Waals surface area contributed by atoms with Gasteiger partial charge in [-0.1, -0.05) is 0 Å². The molecule has 0 heterocycles. The van der Waals surface area contributed by atoms with E-state index in [1.807, 2.05) is 27.7 Å². The van der Waals surface area contributed by atoms with Crippen LogP contribution in [0.25, 0.3) is 0 Å². The fraction of sp³-hybridized carbons (Fsp3) is 0.833. The molecule has 14 heteroatoms. The van der Waals surface area contributed by atoms with Crippen molar-refractivity contribution in [1.29, 1.82) is 21.3 Å². The zero-order valence-electron chi connectivity index (χ0n) is 24.9. The Balaban J connectivity index is -0.000000315. The Kier molecular flexibility index (Phi) is 17.9. The Labute approximate surface area is 240 Å². The van der Waals surface area contributed by atoms with E-state index in [4.69, 9.17) is 31.8 Å². The second-order valence-corrected chi connectivity index (χ2v) is 11.4. The molecule has 2 unspecified atom stereocenters. The van der Waals surface area contributed by atoms with Gasteiger partial charge in [-0.2, -0.15) is 31.0 Å². The third-order valence-corrected chi connectivity index (χ3v) is 5.49. The standard InChI is InChI=1S/C16H28N4O2.C8H18N6.2ClH/c1-13(2,21-7)9-15(5,11-17)19-20-16(6,12-18)10-14(3,4)22-8;1-7(2,5(9)10)13-14-8(3,4)6(11)12;;/h9-10H2,1-8H3;1-4H3,(H3,9,10)(H3,11,12);2*1H/b20-19+;14-13+;;. The molecule has 0 aliphatic carbocycles. The third-order valence-electron chi connectivity index (χ3n) is 5.49. The highest BCUT2D eigenvalue weighted by Crippen LogP contribution is 2.30. The van der Waals surface area contributed by atoms with Crippen LogP contribution in [0.4, 0.5) is 0 Å². The van der Waals surface area contributed by atoms with Crippen LogP contribution in [0.3, 0.4) is 0 Å². The number of halogens is 2. The first-order valence-electron chi connectivity index (χ1n) is 11.5.